The molecule has 1 aliphatic rings. The second-order valence-electron chi connectivity index (χ2n) is 5.57. The third-order valence-electron chi connectivity index (χ3n) is 3.97. The van der Waals surface area contributed by atoms with E-state index in [0.29, 0.717) is 11.3 Å². The normalized spacial score (nSPS) is 18.9. The van der Waals surface area contributed by atoms with Crippen LogP contribution < -0.4 is 5.30 Å². The van der Waals surface area contributed by atoms with Crippen molar-refractivity contribution in [1.29, 1.82) is 0 Å². The number of rotatable bonds is 5. The first-order valence-electron chi connectivity index (χ1n) is 8.01. The molecular formula is C18H18NO5P. The Kier molecular flexibility index (Phi) is 4.75. The molecule has 25 heavy (non-hydrogen) atoms. The number of nitro benzene ring substituents is 1. The van der Waals surface area contributed by atoms with Crippen LogP contribution in [0.15, 0.2) is 42.5 Å². The summed E-state index contributed by atoms with van der Waals surface area (Å²) in [5, 5.41) is 11.2. The van der Waals surface area contributed by atoms with Gasteiger partial charge in [-0.05, 0) is 36.6 Å². The maximum atomic E-state index is 13.2. The molecule has 0 spiro atoms. The van der Waals surface area contributed by atoms with Crippen molar-refractivity contribution in [3.05, 3.63) is 69.3 Å². The molecule has 2 aromatic rings. The summed E-state index contributed by atoms with van der Waals surface area (Å²) in [6, 6.07) is 12.0. The second-order valence-corrected chi connectivity index (χ2v) is 7.48. The summed E-state index contributed by atoms with van der Waals surface area (Å²) in [6.45, 7) is 3.94. The molecule has 0 aliphatic carbocycles. The van der Waals surface area contributed by atoms with Gasteiger partial charge in [0.15, 0.2) is 0 Å². The molecule has 0 amide bonds. The Labute approximate surface area is 145 Å². The van der Waals surface area contributed by atoms with Crippen LogP contribution in [-0.4, -0.2) is 11.5 Å². The van der Waals surface area contributed by atoms with Crippen LogP contribution in [0.3, 0.4) is 0 Å². The van der Waals surface area contributed by atoms with Crippen LogP contribution >= 0.6 is 7.60 Å². The van der Waals surface area contributed by atoms with Crippen LogP contribution in [-0.2, 0) is 20.0 Å². The van der Waals surface area contributed by atoms with Crippen molar-refractivity contribution < 1.29 is 18.5 Å². The van der Waals surface area contributed by atoms with Gasteiger partial charge in [-0.2, -0.15) is 0 Å². The van der Waals surface area contributed by atoms with Crippen LogP contribution in [0.5, 0.6) is 0 Å². The second kappa shape index (κ2) is 6.82. The fourth-order valence-corrected chi connectivity index (χ4v) is 4.45. The van der Waals surface area contributed by atoms with Crippen LogP contribution in [0.2, 0.25) is 0 Å². The van der Waals surface area contributed by atoms with E-state index in [0.717, 1.165) is 12.0 Å². The molecule has 1 atom stereocenters. The Morgan fingerprint density at radius 3 is 2.48 bits per heavy atom. The van der Waals surface area contributed by atoms with Gasteiger partial charge >= 0.3 is 7.60 Å². The predicted molar refractivity (Wildman–Crippen MR) is 96.7 cm³/mol. The number of nitrogens with zero attached hydrogens (tertiary/aromatic N) is 1. The van der Waals surface area contributed by atoms with E-state index in [1.807, 2.05) is 24.3 Å². The monoisotopic (exact) mass is 359 g/mol. The smallest absolute Gasteiger partial charge is 0.411 e. The lowest BCUT2D eigenvalue weighted by atomic mass is 10.1. The highest BCUT2D eigenvalue weighted by molar-refractivity contribution is 7.62. The molecule has 1 unspecified atom stereocenters. The average molecular weight is 359 g/mol. The Morgan fingerprint density at radius 1 is 1.16 bits per heavy atom. The van der Waals surface area contributed by atoms with E-state index in [2.05, 4.69) is 6.92 Å². The van der Waals surface area contributed by atoms with Crippen molar-refractivity contribution >= 4 is 30.4 Å². The number of nitro groups is 1. The fourth-order valence-electron chi connectivity index (χ4n) is 2.66. The average Bonchev–Trinajstić information content (AvgIpc) is 2.61. The predicted octanol–water partition coefficient (Wildman–Crippen LogP) is 4.54. The van der Waals surface area contributed by atoms with E-state index in [1.165, 1.54) is 17.7 Å². The summed E-state index contributed by atoms with van der Waals surface area (Å²) >= 11 is 0. The van der Waals surface area contributed by atoms with Crippen LogP contribution in [0, 0.1) is 10.1 Å². The molecule has 1 aliphatic heterocycles. The minimum Gasteiger partial charge on any atom is -0.421 e. The van der Waals surface area contributed by atoms with Gasteiger partial charge in [0, 0.05) is 17.7 Å². The molecule has 0 aromatic heterocycles. The Morgan fingerprint density at radius 2 is 1.88 bits per heavy atom. The van der Waals surface area contributed by atoms with Crippen molar-refractivity contribution in [2.45, 2.75) is 20.3 Å². The number of non-ortho nitro benzene ring substituents is 1. The Bertz CT molecular complexity index is 889. The first-order valence-corrected chi connectivity index (χ1v) is 9.55. The topological polar surface area (TPSA) is 78.7 Å². The van der Waals surface area contributed by atoms with Gasteiger partial charge < -0.3 is 4.52 Å². The molecule has 0 radical (unpaired) electrons. The van der Waals surface area contributed by atoms with Crippen molar-refractivity contribution in [1.82, 2.24) is 0 Å². The summed E-state index contributed by atoms with van der Waals surface area (Å²) < 4.78 is 24.3. The van der Waals surface area contributed by atoms with Gasteiger partial charge in [0.25, 0.3) is 5.69 Å². The van der Waals surface area contributed by atoms with Gasteiger partial charge in [-0.3, -0.25) is 14.6 Å². The number of aryl methyl sites for hydroxylation is 1. The zero-order valence-electron chi connectivity index (χ0n) is 14.0. The first-order chi connectivity index (χ1) is 12.0. The standard InChI is InChI=1S/C18H18NO5P/c1-3-13-5-7-14(8-6-13)17-11-15-9-10-16(19(20)21)12-18(15)25(22,24-17)23-4-2/h5-12H,3-4H2,1-2H3. The zero-order valence-corrected chi connectivity index (χ0v) is 14.9. The van der Waals surface area contributed by atoms with E-state index in [-0.39, 0.29) is 17.6 Å². The molecule has 0 saturated heterocycles. The zero-order chi connectivity index (χ0) is 18.0. The quantitative estimate of drug-likeness (QED) is 0.445. The highest BCUT2D eigenvalue weighted by Crippen LogP contribution is 2.54. The van der Waals surface area contributed by atoms with Gasteiger partial charge in [-0.25, -0.2) is 4.57 Å². The number of fused-ring (bicyclic) bond motifs is 1. The summed E-state index contributed by atoms with van der Waals surface area (Å²) in [4.78, 5) is 10.5. The van der Waals surface area contributed by atoms with Crippen molar-refractivity contribution in [2.75, 3.05) is 6.61 Å². The minimum absolute atomic E-state index is 0.147. The summed E-state index contributed by atoms with van der Waals surface area (Å²) in [7, 11) is -3.68. The molecule has 0 bridgehead atoms. The molecule has 3 rings (SSSR count). The number of hydrogen-bond donors (Lipinski definition) is 0. The van der Waals surface area contributed by atoms with E-state index >= 15 is 0 Å². The molecule has 130 valence electrons. The van der Waals surface area contributed by atoms with E-state index in [9.17, 15) is 14.7 Å². The molecule has 6 nitrogen and oxygen atoms in total. The van der Waals surface area contributed by atoms with Crippen LogP contribution in [0.25, 0.3) is 11.8 Å². The Hall–Kier alpha value is -2.43. The summed E-state index contributed by atoms with van der Waals surface area (Å²) in [5.41, 5.74) is 2.42. The van der Waals surface area contributed by atoms with Crippen LogP contribution in [0.4, 0.5) is 5.69 Å². The molecule has 0 fully saturated rings. The minimum atomic E-state index is -3.68. The largest absolute Gasteiger partial charge is 0.421 e. The molecular weight excluding hydrogens is 341 g/mol. The highest BCUT2D eigenvalue weighted by Gasteiger charge is 2.37. The summed E-state index contributed by atoms with van der Waals surface area (Å²) in [5.74, 6) is 0.431. The van der Waals surface area contributed by atoms with Gasteiger partial charge in [-0.1, -0.05) is 31.2 Å². The van der Waals surface area contributed by atoms with Gasteiger partial charge in [0.1, 0.15) is 5.76 Å². The van der Waals surface area contributed by atoms with E-state index in [4.69, 9.17) is 9.05 Å². The van der Waals surface area contributed by atoms with Gasteiger partial charge in [-0.15, -0.1) is 0 Å². The number of hydrogen-bond acceptors (Lipinski definition) is 5. The third-order valence-corrected chi connectivity index (χ3v) is 5.98. The van der Waals surface area contributed by atoms with Crippen molar-refractivity contribution in [3.8, 4) is 0 Å². The number of benzene rings is 2. The Balaban J connectivity index is 2.11. The lowest BCUT2D eigenvalue weighted by Gasteiger charge is -2.26. The van der Waals surface area contributed by atoms with Gasteiger partial charge in [0.2, 0.25) is 0 Å². The molecule has 0 saturated carbocycles. The first kappa shape index (κ1) is 17.4. The fraction of sp³-hybridized carbons (Fsp3) is 0.222. The third kappa shape index (κ3) is 3.36. The molecule has 1 heterocycles. The van der Waals surface area contributed by atoms with E-state index in [1.54, 1.807) is 19.1 Å². The van der Waals surface area contributed by atoms with Crippen molar-refractivity contribution in [3.63, 3.8) is 0 Å². The lowest BCUT2D eigenvalue weighted by molar-refractivity contribution is -0.384. The molecule has 7 heteroatoms. The highest BCUT2D eigenvalue weighted by atomic mass is 31.2. The molecule has 2 aromatic carbocycles. The molecule has 0 N–H and O–H groups in total. The maximum Gasteiger partial charge on any atom is 0.411 e. The van der Waals surface area contributed by atoms with Crippen molar-refractivity contribution in [2.24, 2.45) is 0 Å². The maximum absolute atomic E-state index is 13.2. The summed E-state index contributed by atoms with van der Waals surface area (Å²) in [6.07, 6.45) is 2.65. The van der Waals surface area contributed by atoms with E-state index < -0.39 is 12.5 Å². The lowest BCUT2D eigenvalue weighted by Crippen LogP contribution is -2.17. The SMILES string of the molecule is CCOP1(=O)OC(c2ccc(CC)cc2)=Cc2ccc([N+](=O)[O-])cc21. The van der Waals surface area contributed by atoms with Gasteiger partial charge in [0.05, 0.1) is 16.8 Å². The van der Waals surface area contributed by atoms with Crippen LogP contribution in [0.1, 0.15) is 30.5 Å².